The zero-order chi connectivity index (χ0) is 72.0. The second-order valence-electron chi connectivity index (χ2n) is 28.4. The molecule has 0 N–H and O–H groups in total. The van der Waals surface area contributed by atoms with Gasteiger partial charge in [0.25, 0.3) is 0 Å². The Morgan fingerprint density at radius 2 is 0.625 bits per heavy atom. The third-order valence-electron chi connectivity index (χ3n) is 20.5. The highest BCUT2D eigenvalue weighted by Gasteiger charge is 2.33. The van der Waals surface area contributed by atoms with E-state index in [0.717, 1.165) is 216 Å². The Labute approximate surface area is 634 Å². The Morgan fingerprint density at radius 1 is 0.327 bits per heavy atom. The fraction of sp³-hybridized carbons (Fsp3) is 0.413. The molecule has 0 fully saturated rings. The van der Waals surface area contributed by atoms with Crippen molar-refractivity contribution in [1.29, 1.82) is 0 Å². The number of thiophene rings is 4. The number of halogens is 2. The molecule has 104 heavy (non-hydrogen) atoms. The van der Waals surface area contributed by atoms with Gasteiger partial charge in [-0.05, 0) is 193 Å². The molecule has 0 aliphatic heterocycles. The minimum Gasteiger partial charge on any atom is -0.494 e. The molecule has 548 valence electrons. The fourth-order valence-corrected chi connectivity index (χ4v) is 19.1. The van der Waals surface area contributed by atoms with Gasteiger partial charge in [-0.15, -0.1) is 45.3 Å². The van der Waals surface area contributed by atoms with Crippen LogP contribution in [0.3, 0.4) is 0 Å². The maximum absolute atomic E-state index is 18.8. The second-order valence-corrected chi connectivity index (χ2v) is 32.4. The van der Waals surface area contributed by atoms with Crippen molar-refractivity contribution in [1.82, 2.24) is 9.13 Å². The number of ether oxygens (including phenoxy) is 4. The average Bonchev–Trinajstić information content (AvgIpc) is 1.53. The highest BCUT2D eigenvalue weighted by Crippen LogP contribution is 2.51. The quantitative estimate of drug-likeness (QED) is 0.0357. The van der Waals surface area contributed by atoms with E-state index in [4.69, 9.17) is 18.9 Å². The number of fused-ring (bicyclic) bond motifs is 5. The molecular weight excluding hydrogens is 1360 g/mol. The maximum atomic E-state index is 18.8. The lowest BCUT2D eigenvalue weighted by Crippen LogP contribution is -2.13. The van der Waals surface area contributed by atoms with Gasteiger partial charge in [-0.2, -0.15) is 0 Å². The van der Waals surface area contributed by atoms with Crippen LogP contribution in [0.15, 0.2) is 168 Å². The number of aryl methyl sites for hydroxylation is 2. The SMILES string of the molecule is CCCCCCOc1ccc(C(c2ccc(OCCCCCC)cc2)n2c3cc(-c4cc(CCCCCC)c(-c5cccs5)s4)c(F)cc3c3c2c2cc(F)c(-c4cc(CCCCCC)c(-c5cccs5)s4)cc2n3C(c2ccc(OCCCCCC)cc2)c2ccc(OCCCCCC)cc2)cc1. The number of benzene rings is 6. The Morgan fingerprint density at radius 3 is 0.904 bits per heavy atom. The highest BCUT2D eigenvalue weighted by molar-refractivity contribution is 7.24. The third-order valence-corrected chi connectivity index (χ3v) is 25.0. The molecule has 0 radical (unpaired) electrons. The first-order valence-corrected chi connectivity index (χ1v) is 42.9. The third kappa shape index (κ3) is 18.7. The van der Waals surface area contributed by atoms with Crippen LogP contribution in [0.5, 0.6) is 23.0 Å². The number of hydrogen-bond acceptors (Lipinski definition) is 8. The normalized spacial score (nSPS) is 11.8. The number of unbranched alkanes of at least 4 members (excludes halogenated alkanes) is 18. The Kier molecular flexibility index (Phi) is 28.3. The summed E-state index contributed by atoms with van der Waals surface area (Å²) in [4.78, 5) is 6.57. The van der Waals surface area contributed by atoms with E-state index in [1.807, 2.05) is 12.1 Å². The second kappa shape index (κ2) is 38.7. The highest BCUT2D eigenvalue weighted by atomic mass is 32.1. The number of rotatable bonds is 44. The minimum atomic E-state index is -0.520. The molecule has 0 unspecified atom stereocenters. The zero-order valence-corrected chi connectivity index (χ0v) is 65.7. The van der Waals surface area contributed by atoms with E-state index in [9.17, 15) is 0 Å². The van der Waals surface area contributed by atoms with E-state index in [-0.39, 0.29) is 11.6 Å². The van der Waals surface area contributed by atoms with Crippen LogP contribution >= 0.6 is 45.3 Å². The largest absolute Gasteiger partial charge is 0.494 e. The molecule has 0 atom stereocenters. The summed E-state index contributed by atoms with van der Waals surface area (Å²) in [5.41, 5.74) is 10.9. The number of aromatic nitrogens is 2. The summed E-state index contributed by atoms with van der Waals surface area (Å²) in [7, 11) is 0. The van der Waals surface area contributed by atoms with Crippen molar-refractivity contribution in [2.24, 2.45) is 0 Å². The molecule has 6 aromatic carbocycles. The van der Waals surface area contributed by atoms with E-state index in [0.29, 0.717) is 37.6 Å². The molecule has 0 aliphatic carbocycles. The average molecular weight is 1470 g/mol. The van der Waals surface area contributed by atoms with Gasteiger partial charge in [0.05, 0.1) is 60.6 Å². The van der Waals surface area contributed by atoms with Crippen molar-refractivity contribution in [3.8, 4) is 63.4 Å². The maximum Gasteiger partial charge on any atom is 0.132 e. The van der Waals surface area contributed by atoms with Crippen LogP contribution in [0.2, 0.25) is 0 Å². The van der Waals surface area contributed by atoms with E-state index in [1.54, 1.807) is 45.3 Å². The van der Waals surface area contributed by atoms with Crippen molar-refractivity contribution in [3.05, 3.63) is 214 Å². The predicted molar refractivity (Wildman–Crippen MR) is 443 cm³/mol. The summed E-state index contributed by atoms with van der Waals surface area (Å²) in [5, 5.41) is 5.74. The Balaban J connectivity index is 1.16. The molecule has 0 saturated carbocycles. The van der Waals surface area contributed by atoms with Gasteiger partial charge in [-0.25, -0.2) is 8.78 Å². The topological polar surface area (TPSA) is 46.8 Å². The molecule has 12 aromatic rings. The number of nitrogens with zero attached hydrogens (tertiary/aromatic N) is 2. The summed E-state index contributed by atoms with van der Waals surface area (Å²) < 4.78 is 68.6. The number of hydrogen-bond donors (Lipinski definition) is 0. The summed E-state index contributed by atoms with van der Waals surface area (Å²) in [6.07, 6.45) is 28.6. The van der Waals surface area contributed by atoms with Crippen LogP contribution in [0, 0.1) is 11.6 Å². The monoisotopic (exact) mass is 1470 g/mol. The molecule has 0 spiro atoms. The van der Waals surface area contributed by atoms with Crippen LogP contribution in [0.4, 0.5) is 8.78 Å². The Hall–Kier alpha value is -7.48. The van der Waals surface area contributed by atoms with Crippen molar-refractivity contribution < 1.29 is 27.7 Å². The molecule has 12 heteroatoms. The van der Waals surface area contributed by atoms with Crippen molar-refractivity contribution >= 4 is 78.2 Å². The lowest BCUT2D eigenvalue weighted by atomic mass is 9.97. The van der Waals surface area contributed by atoms with E-state index in [1.165, 1.54) is 69.2 Å². The summed E-state index contributed by atoms with van der Waals surface area (Å²) in [5.74, 6) is 2.62. The first-order valence-electron chi connectivity index (χ1n) is 39.5. The standard InChI is InChI=1S/C92H108F2N2O4S4/c1-7-13-19-25-33-69-59-85(103-91(69)83-35-31-57-101-83)75-63-81-77(61-79(75)93)89-90(95(81)87(65-37-45-71(46-38-65)97-53-27-21-15-9-3)66-39-47-72(48-40-66)98-54-28-22-16-10-4)78-62-80(94)76(86-60-70(34-26-20-14-8-2)92(104-86)84-36-32-58-102-84)64-82(78)96(89)88(67-41-49-73(50-42-67)99-55-29-23-17-11-5)68-43-51-74(52-44-68)100-56-30-24-18-12-6/h31-32,35-52,57-64,87-88H,7-30,33-34,53-56H2,1-6H3. The van der Waals surface area contributed by atoms with Gasteiger partial charge in [0.15, 0.2) is 0 Å². The molecule has 6 nitrogen and oxygen atoms in total. The summed E-state index contributed by atoms with van der Waals surface area (Å²) >= 11 is 6.86. The van der Waals surface area contributed by atoms with E-state index < -0.39 is 12.1 Å². The zero-order valence-electron chi connectivity index (χ0n) is 62.5. The fourth-order valence-electron chi connectivity index (χ4n) is 14.9. The molecule has 0 saturated heterocycles. The molecule has 0 amide bonds. The first-order chi connectivity index (χ1) is 51.2. The summed E-state index contributed by atoms with van der Waals surface area (Å²) in [6.45, 7) is 16.0. The van der Waals surface area contributed by atoms with Crippen LogP contribution in [-0.4, -0.2) is 35.6 Å². The van der Waals surface area contributed by atoms with Gasteiger partial charge in [0.2, 0.25) is 0 Å². The molecule has 6 aromatic heterocycles. The van der Waals surface area contributed by atoms with Crippen LogP contribution in [0.25, 0.3) is 73.2 Å². The summed E-state index contributed by atoms with van der Waals surface area (Å²) in [6, 6.07) is 54.5. The van der Waals surface area contributed by atoms with Crippen molar-refractivity contribution in [3.63, 3.8) is 0 Å². The smallest absolute Gasteiger partial charge is 0.132 e. The molecular formula is C92H108F2N2O4S4. The van der Waals surface area contributed by atoms with Crippen LogP contribution in [0.1, 0.15) is 241 Å². The van der Waals surface area contributed by atoms with Gasteiger partial charge < -0.3 is 28.1 Å². The van der Waals surface area contributed by atoms with Gasteiger partial charge in [0, 0.05) is 51.2 Å². The van der Waals surface area contributed by atoms with Gasteiger partial charge >= 0.3 is 0 Å². The lowest BCUT2D eigenvalue weighted by Gasteiger charge is -2.24. The molecule has 6 heterocycles. The molecule has 0 bridgehead atoms. The van der Waals surface area contributed by atoms with E-state index in [2.05, 4.69) is 207 Å². The molecule has 0 aliphatic rings. The van der Waals surface area contributed by atoms with Gasteiger partial charge in [-0.1, -0.05) is 218 Å². The Bertz CT molecular complexity index is 4160. The molecule has 12 rings (SSSR count). The van der Waals surface area contributed by atoms with Gasteiger partial charge in [-0.3, -0.25) is 0 Å². The van der Waals surface area contributed by atoms with Crippen LogP contribution in [-0.2, 0) is 12.8 Å². The van der Waals surface area contributed by atoms with E-state index >= 15 is 8.78 Å². The van der Waals surface area contributed by atoms with Crippen molar-refractivity contribution in [2.75, 3.05) is 26.4 Å². The lowest BCUT2D eigenvalue weighted by molar-refractivity contribution is 0.304. The van der Waals surface area contributed by atoms with Gasteiger partial charge in [0.1, 0.15) is 34.6 Å². The first kappa shape index (κ1) is 76.2. The minimum absolute atomic E-state index is 0.308. The van der Waals surface area contributed by atoms with Crippen LogP contribution < -0.4 is 18.9 Å². The van der Waals surface area contributed by atoms with Crippen molar-refractivity contribution in [2.45, 2.75) is 221 Å². The predicted octanol–water partition coefficient (Wildman–Crippen LogP) is 29.3.